The van der Waals surface area contributed by atoms with Gasteiger partial charge in [-0.25, -0.2) is 0 Å². The third-order valence-electron chi connectivity index (χ3n) is 10.4. The molecule has 1 spiro atoms. The molecule has 0 radical (unpaired) electrons. The number of aliphatic hydroxyl groups is 1. The first-order chi connectivity index (χ1) is 25.7. The van der Waals surface area contributed by atoms with Gasteiger partial charge in [-0.3, -0.25) is 19.2 Å². The fourth-order valence-corrected chi connectivity index (χ4v) is 8.93. The Morgan fingerprint density at radius 1 is 1.04 bits per heavy atom. The van der Waals surface area contributed by atoms with Gasteiger partial charge in [-0.15, -0.1) is 13.2 Å². The maximum atomic E-state index is 15.1. The summed E-state index contributed by atoms with van der Waals surface area (Å²) in [5.41, 5.74) is 0.391. The number of amides is 3. The molecule has 1 unspecified atom stereocenters. The number of aliphatic hydroxyl groups excluding tert-OH is 1. The van der Waals surface area contributed by atoms with Crippen LogP contribution in [0.15, 0.2) is 110 Å². The number of carbonyl (C=O) groups is 4. The number of halogens is 1. The lowest BCUT2D eigenvalue weighted by Crippen LogP contribution is -2.57. The Labute approximate surface area is 317 Å². The van der Waals surface area contributed by atoms with Crippen molar-refractivity contribution >= 4 is 45.3 Å². The Morgan fingerprint density at radius 2 is 1.70 bits per heavy atom. The standard InChI is InChI=1S/C41H44BrN3O8/c1-4-6-17-33(47)43-24-32(27-15-11-8-12-16-27)52-40(50)34-35-38(48)45(31(25-46)26-13-9-7-10-14-26)37(41(35)23-30(42)36(34)53-41)39(49)44(22-5-2)28-18-20-29(51-3)21-19-28/h4-5,7-16,18-21,30-32,34-37,46H,1-2,6,17,22-25H2,3H3,(H,43,47)/t30?,31-,32+,34-,35+,36-,37-,41+/m1/s1. The van der Waals surface area contributed by atoms with Gasteiger partial charge in [0.25, 0.3) is 5.91 Å². The molecule has 3 aromatic rings. The fourth-order valence-electron chi connectivity index (χ4n) is 7.98. The van der Waals surface area contributed by atoms with Crippen molar-refractivity contribution in [3.63, 3.8) is 0 Å². The number of likely N-dealkylation sites (tertiary alicyclic amines) is 1. The van der Waals surface area contributed by atoms with Crippen LogP contribution in [0.2, 0.25) is 0 Å². The number of rotatable bonds is 16. The smallest absolute Gasteiger partial charge is 0.313 e. The number of carbonyl (C=O) groups excluding carboxylic acids is 4. The van der Waals surface area contributed by atoms with E-state index in [2.05, 4.69) is 34.4 Å². The zero-order valence-electron chi connectivity index (χ0n) is 29.5. The molecule has 12 heteroatoms. The van der Waals surface area contributed by atoms with Crippen molar-refractivity contribution in [2.24, 2.45) is 11.8 Å². The predicted octanol–water partition coefficient (Wildman–Crippen LogP) is 5.06. The normalized spacial score (nSPS) is 25.2. The van der Waals surface area contributed by atoms with Crippen LogP contribution >= 0.6 is 15.9 Å². The van der Waals surface area contributed by atoms with Crippen LogP contribution in [0.4, 0.5) is 5.69 Å². The minimum absolute atomic E-state index is 0.0116. The van der Waals surface area contributed by atoms with E-state index in [9.17, 15) is 19.5 Å². The van der Waals surface area contributed by atoms with E-state index in [0.29, 0.717) is 29.0 Å². The van der Waals surface area contributed by atoms with Crippen molar-refractivity contribution in [1.82, 2.24) is 10.2 Å². The van der Waals surface area contributed by atoms with Gasteiger partial charge in [0.2, 0.25) is 11.8 Å². The first-order valence-electron chi connectivity index (χ1n) is 17.7. The highest BCUT2D eigenvalue weighted by Crippen LogP contribution is 2.61. The fraction of sp³-hybridized carbons (Fsp3) is 0.366. The number of hydrogen-bond donors (Lipinski definition) is 2. The summed E-state index contributed by atoms with van der Waals surface area (Å²) in [7, 11) is 1.55. The number of methoxy groups -OCH3 is 1. The van der Waals surface area contributed by atoms with Crippen molar-refractivity contribution in [2.75, 3.05) is 31.7 Å². The molecule has 3 heterocycles. The summed E-state index contributed by atoms with van der Waals surface area (Å²) in [6.07, 6.45) is 2.59. The van der Waals surface area contributed by atoms with Gasteiger partial charge in [-0.1, -0.05) is 88.7 Å². The molecule has 8 atom stereocenters. The number of alkyl halides is 1. The predicted molar refractivity (Wildman–Crippen MR) is 202 cm³/mol. The number of allylic oxidation sites excluding steroid dienone is 1. The average molecular weight is 787 g/mol. The lowest BCUT2D eigenvalue weighted by molar-refractivity contribution is -0.160. The van der Waals surface area contributed by atoms with Gasteiger partial charge in [0.15, 0.2) is 0 Å². The van der Waals surface area contributed by atoms with Crippen LogP contribution in [0.25, 0.3) is 0 Å². The van der Waals surface area contributed by atoms with Crippen molar-refractivity contribution in [2.45, 2.75) is 54.0 Å². The topological polar surface area (TPSA) is 135 Å². The van der Waals surface area contributed by atoms with Gasteiger partial charge in [0.1, 0.15) is 23.5 Å². The molecule has 3 fully saturated rings. The molecule has 53 heavy (non-hydrogen) atoms. The van der Waals surface area contributed by atoms with E-state index in [1.165, 1.54) is 9.80 Å². The summed E-state index contributed by atoms with van der Waals surface area (Å²) in [4.78, 5) is 59.7. The third-order valence-corrected chi connectivity index (χ3v) is 11.2. The molecule has 3 amide bonds. The second-order valence-corrected chi connectivity index (χ2v) is 14.6. The molecule has 3 aliphatic heterocycles. The van der Waals surface area contributed by atoms with Crippen LogP contribution in [0.5, 0.6) is 5.75 Å². The molecule has 2 bridgehead atoms. The summed E-state index contributed by atoms with van der Waals surface area (Å²) in [5, 5.41) is 13.8. The van der Waals surface area contributed by atoms with Gasteiger partial charge in [0, 0.05) is 23.5 Å². The Bertz CT molecular complexity index is 1810. The van der Waals surface area contributed by atoms with E-state index in [-0.39, 0.29) is 31.8 Å². The Morgan fingerprint density at radius 3 is 2.30 bits per heavy atom. The first kappa shape index (κ1) is 38.0. The monoisotopic (exact) mass is 785 g/mol. The molecular weight excluding hydrogens is 742 g/mol. The van der Waals surface area contributed by atoms with E-state index in [1.807, 2.05) is 24.3 Å². The second kappa shape index (κ2) is 16.5. The first-order valence-corrected chi connectivity index (χ1v) is 18.6. The van der Waals surface area contributed by atoms with Gasteiger partial charge in [-0.2, -0.15) is 0 Å². The van der Waals surface area contributed by atoms with Gasteiger partial charge >= 0.3 is 5.97 Å². The second-order valence-electron chi connectivity index (χ2n) is 13.4. The molecule has 0 aliphatic carbocycles. The van der Waals surface area contributed by atoms with Crippen LogP contribution in [-0.2, 0) is 28.7 Å². The Hall–Kier alpha value is -4.78. The molecule has 6 rings (SSSR count). The van der Waals surface area contributed by atoms with Crippen LogP contribution in [0.3, 0.4) is 0 Å². The largest absolute Gasteiger partial charge is 0.497 e. The van der Waals surface area contributed by atoms with E-state index in [1.54, 1.807) is 79.9 Å². The molecule has 3 aliphatic rings. The zero-order valence-corrected chi connectivity index (χ0v) is 31.1. The van der Waals surface area contributed by atoms with Gasteiger partial charge in [0.05, 0.1) is 44.2 Å². The van der Waals surface area contributed by atoms with E-state index in [4.69, 9.17) is 14.2 Å². The van der Waals surface area contributed by atoms with Crippen molar-refractivity contribution in [3.05, 3.63) is 121 Å². The van der Waals surface area contributed by atoms with Crippen molar-refractivity contribution in [3.8, 4) is 5.75 Å². The number of anilines is 1. The van der Waals surface area contributed by atoms with Gasteiger partial charge < -0.3 is 34.4 Å². The van der Waals surface area contributed by atoms with Crippen LogP contribution in [-0.4, -0.2) is 83.1 Å². The Kier molecular flexibility index (Phi) is 11.8. The highest BCUT2D eigenvalue weighted by Gasteiger charge is 2.77. The number of esters is 1. The molecule has 0 aromatic heterocycles. The van der Waals surface area contributed by atoms with Crippen molar-refractivity contribution in [1.29, 1.82) is 0 Å². The van der Waals surface area contributed by atoms with Gasteiger partial charge in [-0.05, 0) is 48.2 Å². The molecular formula is C41H44BrN3O8. The van der Waals surface area contributed by atoms with E-state index < -0.39 is 70.9 Å². The number of nitrogens with one attached hydrogen (secondary N) is 1. The molecule has 2 N–H and O–H groups in total. The van der Waals surface area contributed by atoms with E-state index >= 15 is 4.79 Å². The molecule has 3 saturated heterocycles. The molecule has 278 valence electrons. The number of nitrogens with zero attached hydrogens (tertiary/aromatic N) is 2. The summed E-state index contributed by atoms with van der Waals surface area (Å²) >= 11 is 3.73. The van der Waals surface area contributed by atoms with E-state index in [0.717, 1.165) is 0 Å². The summed E-state index contributed by atoms with van der Waals surface area (Å²) < 4.78 is 18.3. The lowest BCUT2D eigenvalue weighted by Gasteiger charge is -2.39. The van der Waals surface area contributed by atoms with Crippen LogP contribution in [0, 0.1) is 11.8 Å². The summed E-state index contributed by atoms with van der Waals surface area (Å²) in [5.74, 6) is -3.42. The quantitative estimate of drug-likeness (QED) is 0.117. The molecule has 3 aromatic carbocycles. The van der Waals surface area contributed by atoms with Crippen LogP contribution < -0.4 is 15.0 Å². The molecule has 0 saturated carbocycles. The minimum atomic E-state index is -1.44. The number of hydrogen-bond acceptors (Lipinski definition) is 8. The summed E-state index contributed by atoms with van der Waals surface area (Å²) in [6, 6.07) is 22.9. The minimum Gasteiger partial charge on any atom is -0.497 e. The highest BCUT2D eigenvalue weighted by molar-refractivity contribution is 9.09. The zero-order chi connectivity index (χ0) is 37.7. The third kappa shape index (κ3) is 7.27. The SMILES string of the molecule is C=CCCC(=O)NC[C@H](OC(=O)[C@H]1[C@@H]2O[C@@]3(CC2Br)[C@@H]1C(=O)N([C@H](CO)c1ccccc1)[C@@H]3C(=O)N(CC=C)c1ccc(OC)cc1)c1ccccc1. The maximum absolute atomic E-state index is 15.1. The lowest BCUT2D eigenvalue weighted by atomic mass is 9.70. The average Bonchev–Trinajstić information content (AvgIpc) is 3.78. The van der Waals surface area contributed by atoms with Crippen LogP contribution in [0.1, 0.15) is 42.5 Å². The van der Waals surface area contributed by atoms with Crippen molar-refractivity contribution < 1.29 is 38.5 Å². The molecule has 11 nitrogen and oxygen atoms in total. The number of benzene rings is 3. The Balaban J connectivity index is 1.39. The maximum Gasteiger partial charge on any atom is 0.313 e. The number of ether oxygens (including phenoxy) is 3. The summed E-state index contributed by atoms with van der Waals surface area (Å²) in [6.45, 7) is 7.20. The highest BCUT2D eigenvalue weighted by atomic mass is 79.9. The number of fused-ring (bicyclic) bond motifs is 1.